The molecule has 1 aliphatic rings. The number of hydrogen-bond donors (Lipinski definition) is 8. The van der Waals surface area contributed by atoms with Crippen LogP contribution in [0.15, 0.2) is 0 Å². The highest BCUT2D eigenvalue weighted by Gasteiger charge is 2.44. The summed E-state index contributed by atoms with van der Waals surface area (Å²) in [6, 6.07) is -1.16. The predicted molar refractivity (Wildman–Crippen MR) is 298 cm³/mol. The first-order valence-corrected chi connectivity index (χ1v) is 31.4. The van der Waals surface area contributed by atoms with Crippen LogP contribution in [0.2, 0.25) is 0 Å². The van der Waals surface area contributed by atoms with Gasteiger partial charge in [-0.2, -0.15) is 0 Å². The van der Waals surface area contributed by atoms with Gasteiger partial charge in [-0.3, -0.25) is 4.79 Å². The van der Waals surface area contributed by atoms with E-state index in [1.807, 2.05) is 0 Å². The summed E-state index contributed by atoms with van der Waals surface area (Å²) in [5.41, 5.74) is 0. The minimum atomic E-state index is -1.66. The van der Waals surface area contributed by atoms with Crippen molar-refractivity contribution in [3.05, 3.63) is 0 Å². The van der Waals surface area contributed by atoms with Crippen molar-refractivity contribution in [1.29, 1.82) is 0 Å². The lowest BCUT2D eigenvalue weighted by Gasteiger charge is -2.40. The van der Waals surface area contributed by atoms with Crippen LogP contribution in [0.1, 0.15) is 316 Å². The fourth-order valence-corrected chi connectivity index (χ4v) is 10.6. The third kappa shape index (κ3) is 38.6. The van der Waals surface area contributed by atoms with Gasteiger partial charge >= 0.3 is 0 Å². The number of carbonyl (C=O) groups is 1. The van der Waals surface area contributed by atoms with Crippen molar-refractivity contribution in [2.24, 2.45) is 0 Å². The van der Waals surface area contributed by atoms with Gasteiger partial charge in [-0.15, -0.1) is 0 Å². The van der Waals surface area contributed by atoms with E-state index in [9.17, 15) is 40.5 Å². The lowest BCUT2D eigenvalue weighted by molar-refractivity contribution is -0.303. The van der Waals surface area contributed by atoms with Crippen LogP contribution in [0.25, 0.3) is 0 Å². The normalized spacial score (nSPS) is 19.9. The summed E-state index contributed by atoms with van der Waals surface area (Å²) in [6.07, 6.45) is 47.3. The van der Waals surface area contributed by atoms with E-state index < -0.39 is 74.2 Å². The van der Waals surface area contributed by atoms with Gasteiger partial charge in [-0.05, 0) is 12.8 Å². The Hall–Kier alpha value is -0.890. The summed E-state index contributed by atoms with van der Waals surface area (Å²) in [7, 11) is 0. The Kier molecular flexibility index (Phi) is 48.9. The van der Waals surface area contributed by atoms with Crippen LogP contribution in [0.5, 0.6) is 0 Å². The third-order valence-corrected chi connectivity index (χ3v) is 15.7. The number of carbonyl (C=O) groups excluding carboxylic acids is 1. The number of nitrogens with one attached hydrogen (secondary N) is 1. The third-order valence-electron chi connectivity index (χ3n) is 15.7. The molecule has 0 aliphatic carbocycles. The second-order valence-electron chi connectivity index (χ2n) is 22.5. The van der Waals surface area contributed by atoms with Crippen LogP contribution >= 0.6 is 0 Å². The van der Waals surface area contributed by atoms with Crippen molar-refractivity contribution in [2.75, 3.05) is 13.2 Å². The van der Waals surface area contributed by atoms with Crippen molar-refractivity contribution in [2.45, 2.75) is 371 Å². The van der Waals surface area contributed by atoms with E-state index in [0.717, 1.165) is 38.5 Å². The van der Waals surface area contributed by atoms with E-state index >= 15 is 0 Å². The molecule has 11 heteroatoms. The molecule has 1 heterocycles. The monoisotopic (exact) mass is 1030 g/mol. The Morgan fingerprint density at radius 1 is 0.431 bits per heavy atom. The quantitative estimate of drug-likeness (QED) is 0.0272. The molecule has 0 saturated carbocycles. The number of rotatable bonds is 55. The van der Waals surface area contributed by atoms with Gasteiger partial charge in [0.15, 0.2) is 6.29 Å². The molecule has 430 valence electrons. The lowest BCUT2D eigenvalue weighted by Crippen LogP contribution is -2.60. The molecule has 1 amide bonds. The van der Waals surface area contributed by atoms with Gasteiger partial charge in [0.1, 0.15) is 36.6 Å². The maximum Gasteiger partial charge on any atom is 0.249 e. The fraction of sp³-hybridized carbons (Fsp3) is 0.984. The van der Waals surface area contributed by atoms with Crippen molar-refractivity contribution in [1.82, 2.24) is 5.32 Å². The van der Waals surface area contributed by atoms with E-state index in [0.29, 0.717) is 19.3 Å². The van der Waals surface area contributed by atoms with Gasteiger partial charge in [-0.25, -0.2) is 0 Å². The molecule has 0 bridgehead atoms. The molecule has 9 atom stereocenters. The predicted octanol–water partition coefficient (Wildman–Crippen LogP) is 13.7. The first-order valence-electron chi connectivity index (χ1n) is 31.4. The average molecular weight is 1030 g/mol. The number of hydrogen-bond acceptors (Lipinski definition) is 10. The standard InChI is InChI=1S/C61H121NO10/c1-3-5-7-9-11-13-15-17-19-21-23-25-26-27-28-29-31-33-35-37-39-41-43-45-47-49-54(65)60(70)62-52(51-71-61-59(69)58(68)57(67)55(50-63)72-61)56(66)53(64)48-46-44-42-40-38-36-34-32-30-24-22-20-18-16-14-12-10-8-6-4-2/h52-59,61,63-69H,3-51H2,1-2H3,(H,62,70). The highest BCUT2D eigenvalue weighted by molar-refractivity contribution is 5.80. The Morgan fingerprint density at radius 3 is 1.03 bits per heavy atom. The minimum Gasteiger partial charge on any atom is -0.394 e. The molecular formula is C61H121NO10. The summed E-state index contributed by atoms with van der Waals surface area (Å²) >= 11 is 0. The number of ether oxygens (including phenoxy) is 2. The smallest absolute Gasteiger partial charge is 0.249 e. The number of amides is 1. The zero-order chi connectivity index (χ0) is 52.5. The summed E-state index contributed by atoms with van der Waals surface area (Å²) in [6.45, 7) is 3.51. The van der Waals surface area contributed by atoms with Crippen LogP contribution < -0.4 is 5.32 Å². The summed E-state index contributed by atoms with van der Waals surface area (Å²) in [4.78, 5) is 13.2. The summed E-state index contributed by atoms with van der Waals surface area (Å²) < 4.78 is 11.2. The van der Waals surface area contributed by atoms with Gasteiger partial charge in [0.2, 0.25) is 5.91 Å². The Balaban J connectivity index is 2.25. The van der Waals surface area contributed by atoms with E-state index in [1.54, 1.807) is 0 Å². The molecule has 0 aromatic rings. The SMILES string of the molecule is CCCCCCCCCCCCCCCCCCCCCCCCCCCC(O)C(=O)NC(COC1OC(CO)C(O)C(O)C1O)C(O)C(O)CCCCCCCCCCCCCCCCCCCCCC. The van der Waals surface area contributed by atoms with E-state index in [-0.39, 0.29) is 6.42 Å². The van der Waals surface area contributed by atoms with Gasteiger partial charge in [-0.1, -0.05) is 303 Å². The number of aliphatic hydroxyl groups excluding tert-OH is 7. The second kappa shape index (κ2) is 50.9. The first kappa shape index (κ1) is 69.1. The molecule has 0 aromatic heterocycles. The van der Waals surface area contributed by atoms with Gasteiger partial charge in [0, 0.05) is 0 Å². The molecule has 1 aliphatic heterocycles. The average Bonchev–Trinajstić information content (AvgIpc) is 3.38. The molecule has 0 radical (unpaired) electrons. The maximum atomic E-state index is 13.2. The summed E-state index contributed by atoms with van der Waals surface area (Å²) in [5, 5.41) is 76.3. The molecular weight excluding hydrogens is 907 g/mol. The molecule has 0 spiro atoms. The first-order chi connectivity index (χ1) is 35.2. The number of aliphatic hydroxyl groups is 7. The Labute approximate surface area is 443 Å². The van der Waals surface area contributed by atoms with E-state index in [2.05, 4.69) is 19.2 Å². The van der Waals surface area contributed by atoms with Crippen molar-refractivity contribution >= 4 is 5.91 Å². The minimum absolute atomic E-state index is 0.267. The van der Waals surface area contributed by atoms with Crippen LogP contribution in [-0.4, -0.2) is 110 Å². The molecule has 72 heavy (non-hydrogen) atoms. The van der Waals surface area contributed by atoms with Gasteiger partial charge in [0.25, 0.3) is 0 Å². The lowest BCUT2D eigenvalue weighted by atomic mass is 9.98. The molecule has 1 rings (SSSR count). The van der Waals surface area contributed by atoms with Crippen molar-refractivity contribution < 1.29 is 50.0 Å². The van der Waals surface area contributed by atoms with Crippen molar-refractivity contribution in [3.63, 3.8) is 0 Å². The Morgan fingerprint density at radius 2 is 0.722 bits per heavy atom. The van der Waals surface area contributed by atoms with Crippen LogP contribution in [0.4, 0.5) is 0 Å². The molecule has 1 saturated heterocycles. The van der Waals surface area contributed by atoms with E-state index in [1.165, 1.54) is 238 Å². The molecule has 0 aromatic carbocycles. The van der Waals surface area contributed by atoms with Crippen LogP contribution in [-0.2, 0) is 14.3 Å². The highest BCUT2D eigenvalue weighted by atomic mass is 16.7. The van der Waals surface area contributed by atoms with Gasteiger partial charge < -0.3 is 50.5 Å². The summed E-state index contributed by atoms with van der Waals surface area (Å²) in [5.74, 6) is -0.688. The zero-order valence-electron chi connectivity index (χ0n) is 47.2. The zero-order valence-corrected chi connectivity index (χ0v) is 47.2. The van der Waals surface area contributed by atoms with Crippen LogP contribution in [0, 0.1) is 0 Å². The Bertz CT molecular complexity index is 1130. The second-order valence-corrected chi connectivity index (χ2v) is 22.5. The largest absolute Gasteiger partial charge is 0.394 e. The molecule has 1 fully saturated rings. The maximum absolute atomic E-state index is 13.2. The number of unbranched alkanes of at least 4 members (excludes halogenated alkanes) is 43. The molecule has 8 N–H and O–H groups in total. The topological polar surface area (TPSA) is 189 Å². The fourth-order valence-electron chi connectivity index (χ4n) is 10.6. The van der Waals surface area contributed by atoms with Gasteiger partial charge in [0.05, 0.1) is 25.4 Å². The molecule has 11 nitrogen and oxygen atoms in total. The van der Waals surface area contributed by atoms with E-state index in [4.69, 9.17) is 9.47 Å². The van der Waals surface area contributed by atoms with Crippen molar-refractivity contribution in [3.8, 4) is 0 Å². The highest BCUT2D eigenvalue weighted by Crippen LogP contribution is 2.24. The van der Waals surface area contributed by atoms with Crippen LogP contribution in [0.3, 0.4) is 0 Å². The molecule has 9 unspecified atom stereocenters.